The molecule has 1 saturated heterocycles. The molecule has 2 amide bonds. The van der Waals surface area contributed by atoms with Gasteiger partial charge in [0.1, 0.15) is 12.4 Å². The van der Waals surface area contributed by atoms with E-state index in [9.17, 15) is 14.0 Å². The molecule has 0 radical (unpaired) electrons. The minimum absolute atomic E-state index is 0.0276. The number of amides is 2. The number of ether oxygens (including phenoxy) is 2. The number of hydrogen-bond donors (Lipinski definition) is 0. The summed E-state index contributed by atoms with van der Waals surface area (Å²) in [6.07, 6.45) is 6.78. The molecule has 2 aromatic rings. The molecule has 5 nitrogen and oxygen atoms in total. The Bertz CT molecular complexity index is 1050. The molecule has 0 N–H and O–H groups in total. The molecule has 0 spiro atoms. The summed E-state index contributed by atoms with van der Waals surface area (Å²) in [7, 11) is 1.48. The number of benzene rings is 2. The maximum absolute atomic E-state index is 13.8. The Labute approximate surface area is 180 Å². The van der Waals surface area contributed by atoms with Gasteiger partial charge in [0, 0.05) is 10.0 Å². The number of hydrogen-bond acceptors (Lipinski definition) is 5. The topological polar surface area (TPSA) is 55.8 Å². The maximum Gasteiger partial charge on any atom is 0.294 e. The normalized spacial score (nSPS) is 15.0. The van der Waals surface area contributed by atoms with E-state index in [2.05, 4.69) is 21.9 Å². The standard InChI is InChI=1S/C21H15BrFNO4S/c1-3-8-24-20(25)19(29-21(24)26)10-14-9-17(27-2)18(11-15(14)22)28-12-13-6-4-5-7-16(13)23/h1,4-7,9-11H,8,12H2,2H3/b19-10-. The van der Waals surface area contributed by atoms with Crippen LogP contribution in [0.2, 0.25) is 0 Å². The molecule has 0 aliphatic carbocycles. The third kappa shape index (κ3) is 4.63. The van der Waals surface area contributed by atoms with E-state index in [0.717, 1.165) is 16.7 Å². The highest BCUT2D eigenvalue weighted by Crippen LogP contribution is 2.38. The highest BCUT2D eigenvalue weighted by Gasteiger charge is 2.34. The molecule has 3 rings (SSSR count). The molecule has 1 aliphatic heterocycles. The Balaban J connectivity index is 1.85. The van der Waals surface area contributed by atoms with E-state index in [1.54, 1.807) is 36.4 Å². The number of carbonyl (C=O) groups is 2. The molecular formula is C21H15BrFNO4S. The van der Waals surface area contributed by atoms with Gasteiger partial charge in [-0.1, -0.05) is 40.0 Å². The number of nitrogens with zero attached hydrogens (tertiary/aromatic N) is 1. The quantitative estimate of drug-likeness (QED) is 0.441. The van der Waals surface area contributed by atoms with Crippen LogP contribution in [-0.2, 0) is 11.4 Å². The summed E-state index contributed by atoms with van der Waals surface area (Å²) in [6.45, 7) is -0.0465. The molecule has 1 aliphatic rings. The second-order valence-electron chi connectivity index (χ2n) is 5.88. The first-order valence-corrected chi connectivity index (χ1v) is 9.98. The van der Waals surface area contributed by atoms with Crippen LogP contribution >= 0.6 is 27.7 Å². The van der Waals surface area contributed by atoms with Crippen molar-refractivity contribution in [2.45, 2.75) is 6.61 Å². The number of imide groups is 1. The van der Waals surface area contributed by atoms with Crippen LogP contribution in [0.3, 0.4) is 0 Å². The predicted octanol–water partition coefficient (Wildman–Crippen LogP) is 4.85. The smallest absolute Gasteiger partial charge is 0.294 e. The van der Waals surface area contributed by atoms with Gasteiger partial charge in [-0.15, -0.1) is 6.42 Å². The van der Waals surface area contributed by atoms with Gasteiger partial charge in [-0.05, 0) is 41.6 Å². The zero-order valence-electron chi connectivity index (χ0n) is 15.3. The molecule has 0 unspecified atom stereocenters. The third-order valence-corrected chi connectivity index (χ3v) is 5.63. The summed E-state index contributed by atoms with van der Waals surface area (Å²) in [6, 6.07) is 9.66. The van der Waals surface area contributed by atoms with Gasteiger partial charge < -0.3 is 9.47 Å². The van der Waals surface area contributed by atoms with Gasteiger partial charge in [-0.2, -0.15) is 0 Å². The minimum atomic E-state index is -0.441. The van der Waals surface area contributed by atoms with Crippen LogP contribution in [0.15, 0.2) is 45.8 Å². The molecule has 148 valence electrons. The van der Waals surface area contributed by atoms with Crippen LogP contribution in [0.4, 0.5) is 9.18 Å². The van der Waals surface area contributed by atoms with Gasteiger partial charge in [0.05, 0.1) is 18.6 Å². The van der Waals surface area contributed by atoms with Crippen LogP contribution in [-0.4, -0.2) is 29.7 Å². The number of carbonyl (C=O) groups excluding carboxylic acids is 2. The number of methoxy groups -OCH3 is 1. The fourth-order valence-electron chi connectivity index (χ4n) is 2.57. The largest absolute Gasteiger partial charge is 0.493 e. The summed E-state index contributed by atoms with van der Waals surface area (Å²) in [5.41, 5.74) is 1.03. The van der Waals surface area contributed by atoms with E-state index in [0.29, 0.717) is 27.1 Å². The van der Waals surface area contributed by atoms with E-state index >= 15 is 0 Å². The van der Waals surface area contributed by atoms with E-state index in [1.807, 2.05) is 0 Å². The monoisotopic (exact) mass is 475 g/mol. The summed E-state index contributed by atoms with van der Waals surface area (Å²) < 4.78 is 25.5. The Kier molecular flexibility index (Phi) is 6.62. The molecule has 1 heterocycles. The van der Waals surface area contributed by atoms with Crippen molar-refractivity contribution in [1.29, 1.82) is 0 Å². The van der Waals surface area contributed by atoms with Gasteiger partial charge >= 0.3 is 0 Å². The van der Waals surface area contributed by atoms with Gasteiger partial charge in [0.2, 0.25) is 0 Å². The van der Waals surface area contributed by atoms with Gasteiger partial charge in [-0.3, -0.25) is 14.5 Å². The Morgan fingerprint density at radius 3 is 2.72 bits per heavy atom. The maximum atomic E-state index is 13.8. The molecule has 0 atom stereocenters. The second kappa shape index (κ2) is 9.16. The van der Waals surface area contributed by atoms with Crippen molar-refractivity contribution in [3.8, 4) is 23.8 Å². The number of thioether (sulfide) groups is 1. The van der Waals surface area contributed by atoms with Crippen LogP contribution in [0, 0.1) is 18.2 Å². The van der Waals surface area contributed by atoms with Gasteiger partial charge in [0.25, 0.3) is 11.1 Å². The first kappa shape index (κ1) is 21.0. The van der Waals surface area contributed by atoms with E-state index in [-0.39, 0.29) is 23.9 Å². The number of rotatable bonds is 6. The Hall–Kier alpha value is -2.76. The summed E-state index contributed by atoms with van der Waals surface area (Å²) in [5.74, 6) is 2.30. The summed E-state index contributed by atoms with van der Waals surface area (Å²) >= 11 is 4.25. The predicted molar refractivity (Wildman–Crippen MR) is 113 cm³/mol. The van der Waals surface area contributed by atoms with Crippen LogP contribution < -0.4 is 9.47 Å². The van der Waals surface area contributed by atoms with Crippen LogP contribution in [0.1, 0.15) is 11.1 Å². The first-order chi connectivity index (χ1) is 13.9. The van der Waals surface area contributed by atoms with Gasteiger partial charge in [-0.25, -0.2) is 4.39 Å². The van der Waals surface area contributed by atoms with Crippen LogP contribution in [0.5, 0.6) is 11.5 Å². The van der Waals surface area contributed by atoms with Crippen LogP contribution in [0.25, 0.3) is 6.08 Å². The number of halogens is 2. The lowest BCUT2D eigenvalue weighted by molar-refractivity contribution is -0.122. The minimum Gasteiger partial charge on any atom is -0.493 e. The molecular weight excluding hydrogens is 461 g/mol. The van der Waals surface area contributed by atoms with Crippen molar-refractivity contribution in [3.05, 3.63) is 62.7 Å². The molecule has 29 heavy (non-hydrogen) atoms. The lowest BCUT2D eigenvalue weighted by Gasteiger charge is -2.13. The lowest BCUT2D eigenvalue weighted by atomic mass is 10.1. The fourth-order valence-corrected chi connectivity index (χ4v) is 3.84. The van der Waals surface area contributed by atoms with Crippen molar-refractivity contribution in [2.24, 2.45) is 0 Å². The zero-order chi connectivity index (χ0) is 21.0. The molecule has 8 heteroatoms. The zero-order valence-corrected chi connectivity index (χ0v) is 17.7. The van der Waals surface area contributed by atoms with E-state index in [4.69, 9.17) is 15.9 Å². The van der Waals surface area contributed by atoms with Crippen molar-refractivity contribution in [2.75, 3.05) is 13.7 Å². The Morgan fingerprint density at radius 1 is 1.28 bits per heavy atom. The fraction of sp³-hybridized carbons (Fsp3) is 0.143. The van der Waals surface area contributed by atoms with Crippen molar-refractivity contribution in [3.63, 3.8) is 0 Å². The summed E-state index contributed by atoms with van der Waals surface area (Å²) in [4.78, 5) is 25.5. The highest BCUT2D eigenvalue weighted by molar-refractivity contribution is 9.10. The molecule has 1 fully saturated rings. The number of terminal acetylenes is 1. The van der Waals surface area contributed by atoms with E-state index in [1.165, 1.54) is 13.2 Å². The van der Waals surface area contributed by atoms with Crippen molar-refractivity contribution >= 4 is 44.9 Å². The molecule has 0 bridgehead atoms. The van der Waals surface area contributed by atoms with Gasteiger partial charge in [0.15, 0.2) is 11.5 Å². The molecule has 2 aromatic carbocycles. The third-order valence-electron chi connectivity index (χ3n) is 4.03. The average Bonchev–Trinajstić information content (AvgIpc) is 2.96. The summed E-state index contributed by atoms with van der Waals surface area (Å²) in [5, 5.41) is -0.410. The highest BCUT2D eigenvalue weighted by atomic mass is 79.9. The van der Waals surface area contributed by atoms with Crippen molar-refractivity contribution in [1.82, 2.24) is 4.90 Å². The lowest BCUT2D eigenvalue weighted by Crippen LogP contribution is -2.28. The first-order valence-electron chi connectivity index (χ1n) is 8.37. The van der Waals surface area contributed by atoms with Crippen molar-refractivity contribution < 1.29 is 23.5 Å². The second-order valence-corrected chi connectivity index (χ2v) is 7.72. The Morgan fingerprint density at radius 2 is 2.03 bits per heavy atom. The molecule has 0 aromatic heterocycles. The average molecular weight is 476 g/mol. The SMILES string of the molecule is C#CCN1C(=O)S/C(=C\c2cc(OC)c(OCc3ccccc3F)cc2Br)C1=O. The van der Waals surface area contributed by atoms with E-state index < -0.39 is 11.1 Å². The molecule has 0 saturated carbocycles.